The molecule has 1 aliphatic rings. The minimum Gasteiger partial charge on any atom is -0.496 e. The number of carbonyl (C=O) groups excluding carboxylic acids is 1. The highest BCUT2D eigenvalue weighted by atomic mass is 16.5. The predicted octanol–water partition coefficient (Wildman–Crippen LogP) is 3.75. The van der Waals surface area contributed by atoms with Gasteiger partial charge in [-0.25, -0.2) is 0 Å². The summed E-state index contributed by atoms with van der Waals surface area (Å²) >= 11 is 0. The number of hydrogen-bond donors (Lipinski definition) is 0. The molecule has 2 heterocycles. The number of nitrogens with zero attached hydrogens (tertiary/aromatic N) is 2. The molecule has 1 amide bonds. The summed E-state index contributed by atoms with van der Waals surface area (Å²) in [5.41, 5.74) is 2.65. The lowest BCUT2D eigenvalue weighted by Gasteiger charge is -2.37. The van der Waals surface area contributed by atoms with Gasteiger partial charge in [-0.05, 0) is 29.8 Å². The van der Waals surface area contributed by atoms with Crippen LogP contribution >= 0.6 is 0 Å². The van der Waals surface area contributed by atoms with Gasteiger partial charge in [-0.2, -0.15) is 0 Å². The lowest BCUT2D eigenvalue weighted by atomic mass is 9.98. The van der Waals surface area contributed by atoms with E-state index in [0.29, 0.717) is 23.6 Å². The van der Waals surface area contributed by atoms with Crippen LogP contribution in [0.25, 0.3) is 0 Å². The third-order valence-corrected chi connectivity index (χ3v) is 5.06. The van der Waals surface area contributed by atoms with E-state index >= 15 is 0 Å². The van der Waals surface area contributed by atoms with Crippen LogP contribution in [0.1, 0.15) is 27.7 Å². The Morgan fingerprint density at radius 2 is 1.59 bits per heavy atom. The summed E-state index contributed by atoms with van der Waals surface area (Å²) in [4.78, 5) is 15.5. The van der Waals surface area contributed by atoms with Crippen LogP contribution in [0.15, 0.2) is 66.9 Å². The van der Waals surface area contributed by atoms with E-state index in [1.165, 1.54) is 0 Å². The number of benzene rings is 2. The summed E-state index contributed by atoms with van der Waals surface area (Å²) < 4.78 is 13.1. The number of hydrogen-bond acceptors (Lipinski definition) is 3. The number of aromatic nitrogens is 1. The first kappa shape index (κ1) is 17.2. The van der Waals surface area contributed by atoms with E-state index in [1.807, 2.05) is 35.2 Å². The van der Waals surface area contributed by atoms with Crippen molar-refractivity contribution in [3.8, 4) is 11.5 Å². The lowest BCUT2D eigenvalue weighted by Crippen LogP contribution is -2.42. The first-order valence-corrected chi connectivity index (χ1v) is 8.96. The number of carbonyl (C=O) groups is 1. The normalized spacial score (nSPS) is 15.9. The fourth-order valence-electron chi connectivity index (χ4n) is 3.79. The summed E-state index contributed by atoms with van der Waals surface area (Å²) in [7, 11) is 3.14. The summed E-state index contributed by atoms with van der Waals surface area (Å²) in [6, 6.07) is 19.5. The van der Waals surface area contributed by atoms with Crippen LogP contribution in [0, 0.1) is 0 Å². The van der Waals surface area contributed by atoms with Crippen LogP contribution in [-0.2, 0) is 6.54 Å². The maximum atomic E-state index is 13.6. The van der Waals surface area contributed by atoms with Crippen LogP contribution in [-0.4, -0.2) is 36.1 Å². The molecule has 1 aliphatic heterocycles. The quantitative estimate of drug-likeness (QED) is 0.710. The van der Waals surface area contributed by atoms with E-state index in [9.17, 15) is 4.79 Å². The topological polar surface area (TPSA) is 43.7 Å². The lowest BCUT2D eigenvalue weighted by molar-refractivity contribution is 0.0657. The molecule has 0 radical (unpaired) electrons. The largest absolute Gasteiger partial charge is 0.496 e. The molecule has 5 nitrogen and oxygen atoms in total. The van der Waals surface area contributed by atoms with E-state index in [1.54, 1.807) is 26.4 Å². The van der Waals surface area contributed by atoms with Crippen LogP contribution in [0.3, 0.4) is 0 Å². The van der Waals surface area contributed by atoms with E-state index in [-0.39, 0.29) is 11.9 Å². The molecule has 3 aromatic rings. The summed E-state index contributed by atoms with van der Waals surface area (Å²) in [6.45, 7) is 1.37. The molecule has 2 aromatic carbocycles. The average Bonchev–Trinajstić information content (AvgIpc) is 3.21. The average molecular weight is 362 g/mol. The van der Waals surface area contributed by atoms with Gasteiger partial charge in [-0.3, -0.25) is 4.79 Å². The molecule has 1 atom stereocenters. The highest BCUT2D eigenvalue weighted by molar-refractivity contribution is 6.00. The van der Waals surface area contributed by atoms with Crippen LogP contribution in [0.5, 0.6) is 11.5 Å². The van der Waals surface area contributed by atoms with Gasteiger partial charge in [0.15, 0.2) is 0 Å². The van der Waals surface area contributed by atoms with E-state index < -0.39 is 0 Å². The molecule has 1 aromatic heterocycles. The zero-order chi connectivity index (χ0) is 18.8. The van der Waals surface area contributed by atoms with Crippen molar-refractivity contribution < 1.29 is 14.3 Å². The summed E-state index contributed by atoms with van der Waals surface area (Å²) in [5, 5.41) is 0. The number of rotatable bonds is 4. The van der Waals surface area contributed by atoms with Crippen molar-refractivity contribution in [1.29, 1.82) is 0 Å². The fourth-order valence-corrected chi connectivity index (χ4v) is 3.79. The summed E-state index contributed by atoms with van der Waals surface area (Å²) in [6.07, 6.45) is 2.07. The third kappa shape index (κ3) is 2.95. The third-order valence-electron chi connectivity index (χ3n) is 5.06. The maximum absolute atomic E-state index is 13.6. The van der Waals surface area contributed by atoms with Crippen molar-refractivity contribution in [2.75, 3.05) is 20.8 Å². The van der Waals surface area contributed by atoms with E-state index in [4.69, 9.17) is 9.47 Å². The molecular formula is C22H22N2O3. The van der Waals surface area contributed by atoms with Gasteiger partial charge >= 0.3 is 0 Å². The molecule has 0 aliphatic carbocycles. The van der Waals surface area contributed by atoms with Gasteiger partial charge in [0, 0.05) is 25.0 Å². The Bertz CT molecular complexity index is 927. The molecule has 0 fully saturated rings. The second-order valence-electron chi connectivity index (χ2n) is 6.48. The molecule has 138 valence electrons. The first-order chi connectivity index (χ1) is 13.2. The van der Waals surface area contributed by atoms with Crippen molar-refractivity contribution in [3.63, 3.8) is 0 Å². The van der Waals surface area contributed by atoms with Crippen molar-refractivity contribution in [2.45, 2.75) is 12.6 Å². The monoisotopic (exact) mass is 362 g/mol. The molecule has 0 N–H and O–H groups in total. The number of ether oxygens (including phenoxy) is 2. The second-order valence-corrected chi connectivity index (χ2v) is 6.48. The van der Waals surface area contributed by atoms with Gasteiger partial charge in [0.2, 0.25) is 0 Å². The van der Waals surface area contributed by atoms with Crippen molar-refractivity contribution in [3.05, 3.63) is 83.7 Å². The second kappa shape index (κ2) is 7.19. The molecule has 0 saturated carbocycles. The van der Waals surface area contributed by atoms with Gasteiger partial charge in [0.1, 0.15) is 17.1 Å². The fraction of sp³-hybridized carbons (Fsp3) is 0.227. The molecule has 1 unspecified atom stereocenters. The molecule has 4 rings (SSSR count). The summed E-state index contributed by atoms with van der Waals surface area (Å²) in [5.74, 6) is 0.949. The zero-order valence-electron chi connectivity index (χ0n) is 15.5. The van der Waals surface area contributed by atoms with Gasteiger partial charge in [-0.15, -0.1) is 0 Å². The standard InChI is InChI=1S/C22H22N2O3/c1-26-18-11-6-12-19(27-2)20(18)22(25)24-15-14-23-13-7-10-17(23)21(24)16-8-4-3-5-9-16/h3-13,21H,14-15H2,1-2H3. The molecule has 0 spiro atoms. The Hall–Kier alpha value is -3.21. The van der Waals surface area contributed by atoms with Gasteiger partial charge in [0.25, 0.3) is 5.91 Å². The van der Waals surface area contributed by atoms with Crippen molar-refractivity contribution >= 4 is 5.91 Å². The highest BCUT2D eigenvalue weighted by Gasteiger charge is 2.34. The van der Waals surface area contributed by atoms with Gasteiger partial charge in [0.05, 0.1) is 20.3 Å². The Balaban J connectivity index is 1.82. The Morgan fingerprint density at radius 1 is 0.889 bits per heavy atom. The van der Waals surface area contributed by atoms with Crippen molar-refractivity contribution in [1.82, 2.24) is 9.47 Å². The number of fused-ring (bicyclic) bond motifs is 1. The Morgan fingerprint density at radius 3 is 2.26 bits per heavy atom. The predicted molar refractivity (Wildman–Crippen MR) is 103 cm³/mol. The smallest absolute Gasteiger partial charge is 0.262 e. The highest BCUT2D eigenvalue weighted by Crippen LogP contribution is 2.37. The van der Waals surface area contributed by atoms with Crippen LogP contribution < -0.4 is 9.47 Å². The molecule has 5 heteroatoms. The zero-order valence-corrected chi connectivity index (χ0v) is 15.5. The Kier molecular flexibility index (Phi) is 4.59. The van der Waals surface area contributed by atoms with Gasteiger partial charge in [-0.1, -0.05) is 36.4 Å². The number of methoxy groups -OCH3 is 2. The molecule has 0 saturated heterocycles. The molecule has 0 bridgehead atoms. The minimum atomic E-state index is -0.155. The number of amides is 1. The Labute approximate surface area is 158 Å². The first-order valence-electron chi connectivity index (χ1n) is 8.96. The SMILES string of the molecule is COc1cccc(OC)c1C(=O)N1CCn2cccc2C1c1ccccc1. The van der Waals surface area contributed by atoms with Crippen LogP contribution in [0.4, 0.5) is 0 Å². The van der Waals surface area contributed by atoms with Crippen molar-refractivity contribution in [2.24, 2.45) is 0 Å². The van der Waals surface area contributed by atoms with E-state index in [0.717, 1.165) is 17.8 Å². The van der Waals surface area contributed by atoms with E-state index in [2.05, 4.69) is 29.0 Å². The maximum Gasteiger partial charge on any atom is 0.262 e. The van der Waals surface area contributed by atoms with Gasteiger partial charge < -0.3 is 18.9 Å². The molecule has 27 heavy (non-hydrogen) atoms. The molecular weight excluding hydrogens is 340 g/mol. The van der Waals surface area contributed by atoms with Crippen LogP contribution in [0.2, 0.25) is 0 Å². The minimum absolute atomic E-state index is 0.0920.